The van der Waals surface area contributed by atoms with Gasteiger partial charge in [-0.3, -0.25) is 0 Å². The zero-order valence-electron chi connectivity index (χ0n) is 13.1. The van der Waals surface area contributed by atoms with Crippen molar-refractivity contribution in [3.05, 3.63) is 12.2 Å². The molecular weight excluding hydrogens is 244 g/mol. The summed E-state index contributed by atoms with van der Waals surface area (Å²) >= 11 is 0. The maximum Gasteiger partial charge on any atom is 0.0596 e. The van der Waals surface area contributed by atoms with Crippen molar-refractivity contribution in [2.75, 3.05) is 0 Å². The number of rotatable bonds is 0. The fraction of sp³-hybridized carbons (Fsp3) is 0.895. The van der Waals surface area contributed by atoms with Crippen molar-refractivity contribution in [1.82, 2.24) is 0 Å². The quantitative estimate of drug-likeness (QED) is 0.642. The SMILES string of the molecule is C[C@]12CC=CC[C@@H]1CC[C@H]1[C@H]2CC[C@@]2(C)[C@H](O)CC[C@H]12. The van der Waals surface area contributed by atoms with Crippen LogP contribution in [0.5, 0.6) is 0 Å². The van der Waals surface area contributed by atoms with Crippen molar-refractivity contribution in [2.24, 2.45) is 34.5 Å². The zero-order valence-corrected chi connectivity index (χ0v) is 13.1. The van der Waals surface area contributed by atoms with Gasteiger partial charge < -0.3 is 5.11 Å². The lowest BCUT2D eigenvalue weighted by Gasteiger charge is -2.59. The van der Waals surface area contributed by atoms with Crippen molar-refractivity contribution >= 4 is 0 Å². The first kappa shape index (κ1) is 13.4. The van der Waals surface area contributed by atoms with Gasteiger partial charge >= 0.3 is 0 Å². The molecule has 0 aromatic heterocycles. The van der Waals surface area contributed by atoms with Crippen molar-refractivity contribution < 1.29 is 5.11 Å². The summed E-state index contributed by atoms with van der Waals surface area (Å²) < 4.78 is 0. The van der Waals surface area contributed by atoms with Gasteiger partial charge in [0, 0.05) is 0 Å². The van der Waals surface area contributed by atoms with E-state index in [4.69, 9.17) is 0 Å². The molecule has 0 aromatic rings. The minimum Gasteiger partial charge on any atom is -0.393 e. The van der Waals surface area contributed by atoms with E-state index in [1.54, 1.807) is 0 Å². The second-order valence-electron chi connectivity index (χ2n) is 8.71. The smallest absolute Gasteiger partial charge is 0.0596 e. The van der Waals surface area contributed by atoms with Crippen LogP contribution in [0.2, 0.25) is 0 Å². The molecule has 1 heteroatoms. The van der Waals surface area contributed by atoms with Crippen LogP contribution in [0.1, 0.15) is 65.2 Å². The van der Waals surface area contributed by atoms with E-state index in [1.165, 1.54) is 44.9 Å². The molecule has 0 heterocycles. The lowest BCUT2D eigenvalue weighted by Crippen LogP contribution is -2.52. The molecule has 4 aliphatic rings. The van der Waals surface area contributed by atoms with Crippen molar-refractivity contribution in [3.8, 4) is 0 Å². The Balaban J connectivity index is 1.66. The number of hydrogen-bond acceptors (Lipinski definition) is 1. The largest absolute Gasteiger partial charge is 0.393 e. The molecule has 0 bridgehead atoms. The molecule has 0 amide bonds. The van der Waals surface area contributed by atoms with Crippen LogP contribution in [-0.4, -0.2) is 11.2 Å². The molecule has 20 heavy (non-hydrogen) atoms. The summed E-state index contributed by atoms with van der Waals surface area (Å²) in [5.74, 6) is 3.57. The fourth-order valence-electron chi connectivity index (χ4n) is 6.81. The summed E-state index contributed by atoms with van der Waals surface area (Å²) in [6.45, 7) is 4.98. The average molecular weight is 274 g/mol. The van der Waals surface area contributed by atoms with Gasteiger partial charge in [0.1, 0.15) is 0 Å². The minimum atomic E-state index is -0.0229. The Labute approximate surface area is 123 Å². The van der Waals surface area contributed by atoms with Gasteiger partial charge in [0.05, 0.1) is 6.10 Å². The lowest BCUT2D eigenvalue weighted by molar-refractivity contribution is -0.108. The van der Waals surface area contributed by atoms with Gasteiger partial charge in [-0.2, -0.15) is 0 Å². The number of aliphatic hydroxyl groups is 1. The molecule has 0 aliphatic heterocycles. The van der Waals surface area contributed by atoms with Gasteiger partial charge in [-0.15, -0.1) is 0 Å². The molecule has 4 aliphatic carbocycles. The van der Waals surface area contributed by atoms with Gasteiger partial charge in [-0.1, -0.05) is 26.0 Å². The molecule has 3 saturated carbocycles. The van der Waals surface area contributed by atoms with Gasteiger partial charge in [0.2, 0.25) is 0 Å². The third-order valence-electron chi connectivity index (χ3n) is 8.16. The highest BCUT2D eigenvalue weighted by molar-refractivity contribution is 5.12. The Morgan fingerprint density at radius 3 is 2.55 bits per heavy atom. The Bertz CT molecular complexity index is 427. The molecule has 0 radical (unpaired) electrons. The standard InChI is InChI=1S/C19H30O/c1-18-11-4-3-5-13(18)6-7-14-15-8-9-17(20)19(15,2)12-10-16(14)18/h3-4,13-17,20H,5-12H2,1-2H3/t13-,14-,15-,16-,17-,18+,19-/m1/s1. The average Bonchev–Trinajstić information content (AvgIpc) is 2.74. The van der Waals surface area contributed by atoms with Crippen molar-refractivity contribution in [2.45, 2.75) is 71.3 Å². The molecule has 1 N–H and O–H groups in total. The molecule has 0 spiro atoms. The highest BCUT2D eigenvalue weighted by atomic mass is 16.3. The van der Waals surface area contributed by atoms with Gasteiger partial charge in [-0.05, 0) is 85.9 Å². The molecule has 0 aromatic carbocycles. The monoisotopic (exact) mass is 274 g/mol. The summed E-state index contributed by atoms with van der Waals surface area (Å²) in [5, 5.41) is 10.5. The molecule has 3 fully saturated rings. The van der Waals surface area contributed by atoms with E-state index in [0.717, 1.165) is 30.1 Å². The van der Waals surface area contributed by atoms with Gasteiger partial charge in [0.15, 0.2) is 0 Å². The normalized spacial score (nSPS) is 57.9. The fourth-order valence-corrected chi connectivity index (χ4v) is 6.81. The number of aliphatic hydroxyl groups excluding tert-OH is 1. The second kappa shape index (κ2) is 4.35. The number of allylic oxidation sites excluding steroid dienone is 2. The Morgan fingerprint density at radius 2 is 1.70 bits per heavy atom. The van der Waals surface area contributed by atoms with Crippen LogP contribution in [0, 0.1) is 34.5 Å². The maximum absolute atomic E-state index is 10.5. The highest BCUT2D eigenvalue weighted by Gasteiger charge is 2.59. The summed E-state index contributed by atoms with van der Waals surface area (Å²) in [6.07, 6.45) is 15.4. The Hall–Kier alpha value is -0.300. The van der Waals surface area contributed by atoms with Crippen molar-refractivity contribution in [1.29, 1.82) is 0 Å². The van der Waals surface area contributed by atoms with Crippen LogP contribution < -0.4 is 0 Å². The molecule has 0 unspecified atom stereocenters. The van der Waals surface area contributed by atoms with E-state index < -0.39 is 0 Å². The van der Waals surface area contributed by atoms with Gasteiger partial charge in [-0.25, -0.2) is 0 Å². The highest BCUT2D eigenvalue weighted by Crippen LogP contribution is 2.65. The van der Waals surface area contributed by atoms with E-state index in [9.17, 15) is 5.11 Å². The van der Waals surface area contributed by atoms with E-state index in [1.807, 2.05) is 0 Å². The van der Waals surface area contributed by atoms with Crippen LogP contribution in [-0.2, 0) is 0 Å². The molecule has 4 rings (SSSR count). The first-order chi connectivity index (χ1) is 9.56. The van der Waals surface area contributed by atoms with Crippen LogP contribution in [0.3, 0.4) is 0 Å². The predicted octanol–water partition coefficient (Wildman–Crippen LogP) is 4.56. The van der Waals surface area contributed by atoms with Crippen LogP contribution in [0.25, 0.3) is 0 Å². The van der Waals surface area contributed by atoms with E-state index in [-0.39, 0.29) is 11.5 Å². The topological polar surface area (TPSA) is 20.2 Å². The predicted molar refractivity (Wildman–Crippen MR) is 82.3 cm³/mol. The third kappa shape index (κ3) is 1.59. The number of fused-ring (bicyclic) bond motifs is 5. The number of hydrogen-bond donors (Lipinski definition) is 1. The van der Waals surface area contributed by atoms with Crippen LogP contribution in [0.4, 0.5) is 0 Å². The first-order valence-corrected chi connectivity index (χ1v) is 8.89. The molecule has 112 valence electrons. The summed E-state index contributed by atoms with van der Waals surface area (Å²) in [6, 6.07) is 0. The molecule has 1 nitrogen and oxygen atoms in total. The van der Waals surface area contributed by atoms with Crippen LogP contribution >= 0.6 is 0 Å². The van der Waals surface area contributed by atoms with E-state index >= 15 is 0 Å². The Kier molecular flexibility index (Phi) is 2.91. The summed E-state index contributed by atoms with van der Waals surface area (Å²) in [7, 11) is 0. The molecular formula is C19H30O. The van der Waals surface area contributed by atoms with Gasteiger partial charge in [0.25, 0.3) is 0 Å². The lowest BCUT2D eigenvalue weighted by atomic mass is 9.46. The zero-order chi connectivity index (χ0) is 14.0. The summed E-state index contributed by atoms with van der Waals surface area (Å²) in [5.41, 5.74) is 0.807. The summed E-state index contributed by atoms with van der Waals surface area (Å²) in [4.78, 5) is 0. The first-order valence-electron chi connectivity index (χ1n) is 8.89. The van der Waals surface area contributed by atoms with Crippen LogP contribution in [0.15, 0.2) is 12.2 Å². The Morgan fingerprint density at radius 1 is 0.900 bits per heavy atom. The van der Waals surface area contributed by atoms with E-state index in [2.05, 4.69) is 26.0 Å². The molecule has 7 atom stereocenters. The van der Waals surface area contributed by atoms with E-state index in [0.29, 0.717) is 5.41 Å². The minimum absolute atomic E-state index is 0.0229. The molecule has 0 saturated heterocycles. The maximum atomic E-state index is 10.5. The third-order valence-corrected chi connectivity index (χ3v) is 8.16. The second-order valence-corrected chi connectivity index (χ2v) is 8.71. The van der Waals surface area contributed by atoms with Crippen molar-refractivity contribution in [3.63, 3.8) is 0 Å².